The van der Waals surface area contributed by atoms with Crippen LogP contribution in [0.25, 0.3) is 0 Å². The van der Waals surface area contributed by atoms with Crippen LogP contribution in [0.4, 0.5) is 0 Å². The Hall–Kier alpha value is -1.48. The third kappa shape index (κ3) is 2.47. The molecule has 1 aromatic heterocycles. The first kappa shape index (κ1) is 13.9. The molecule has 1 fully saturated rings. The standard InChI is InChI=1S/C11H16N2O6/c1-5(14)8-7(16)9(18-2)10(19-8)13-4-3-6(15)12-11(13)17/h3-5,7-10,14,16H,1-2H3,(H,12,15,17)/t5-,7+,8+,9+,10+/m0/s1. The van der Waals surface area contributed by atoms with E-state index in [4.69, 9.17) is 9.47 Å². The van der Waals surface area contributed by atoms with Gasteiger partial charge in [0.05, 0.1) is 6.10 Å². The van der Waals surface area contributed by atoms with Crippen molar-refractivity contribution >= 4 is 0 Å². The van der Waals surface area contributed by atoms with Gasteiger partial charge in [-0.15, -0.1) is 0 Å². The van der Waals surface area contributed by atoms with Crippen LogP contribution in [0.2, 0.25) is 0 Å². The van der Waals surface area contributed by atoms with E-state index in [1.165, 1.54) is 26.3 Å². The van der Waals surface area contributed by atoms with Crippen molar-refractivity contribution in [2.75, 3.05) is 7.11 Å². The zero-order chi connectivity index (χ0) is 14.2. The molecule has 0 radical (unpaired) electrons. The molecule has 19 heavy (non-hydrogen) atoms. The summed E-state index contributed by atoms with van der Waals surface area (Å²) in [6.07, 6.45) is -3.33. The van der Waals surface area contributed by atoms with E-state index < -0.39 is 41.9 Å². The molecule has 1 saturated heterocycles. The first-order chi connectivity index (χ1) is 8.95. The largest absolute Gasteiger partial charge is 0.391 e. The van der Waals surface area contributed by atoms with E-state index in [0.29, 0.717) is 0 Å². The van der Waals surface area contributed by atoms with Gasteiger partial charge in [0.1, 0.15) is 18.3 Å². The van der Waals surface area contributed by atoms with Gasteiger partial charge in [0.2, 0.25) is 0 Å². The summed E-state index contributed by atoms with van der Waals surface area (Å²) in [5.74, 6) is 0. The molecule has 0 unspecified atom stereocenters. The summed E-state index contributed by atoms with van der Waals surface area (Å²) in [5.41, 5.74) is -1.20. The fourth-order valence-electron chi connectivity index (χ4n) is 2.18. The second-order valence-corrected chi connectivity index (χ2v) is 4.44. The van der Waals surface area contributed by atoms with E-state index in [1.54, 1.807) is 0 Å². The maximum absolute atomic E-state index is 11.7. The molecule has 0 spiro atoms. The first-order valence-corrected chi connectivity index (χ1v) is 5.81. The summed E-state index contributed by atoms with van der Waals surface area (Å²) in [5, 5.41) is 19.5. The topological polar surface area (TPSA) is 114 Å². The number of nitrogens with zero attached hydrogens (tertiary/aromatic N) is 1. The van der Waals surface area contributed by atoms with E-state index in [9.17, 15) is 19.8 Å². The van der Waals surface area contributed by atoms with Crippen molar-refractivity contribution in [1.82, 2.24) is 9.55 Å². The van der Waals surface area contributed by atoms with Crippen LogP contribution >= 0.6 is 0 Å². The maximum atomic E-state index is 11.7. The van der Waals surface area contributed by atoms with Crippen LogP contribution in [0.15, 0.2) is 21.9 Å². The summed E-state index contributed by atoms with van der Waals surface area (Å²) in [4.78, 5) is 24.8. The van der Waals surface area contributed by atoms with Gasteiger partial charge in [-0.1, -0.05) is 0 Å². The highest BCUT2D eigenvalue weighted by molar-refractivity contribution is 4.95. The van der Waals surface area contributed by atoms with Gasteiger partial charge >= 0.3 is 5.69 Å². The molecule has 8 heteroatoms. The minimum Gasteiger partial charge on any atom is -0.391 e. The Balaban J connectivity index is 2.38. The number of nitrogens with one attached hydrogen (secondary N) is 1. The van der Waals surface area contributed by atoms with Crippen molar-refractivity contribution in [2.45, 2.75) is 37.6 Å². The van der Waals surface area contributed by atoms with E-state index in [1.807, 2.05) is 0 Å². The molecular formula is C11H16N2O6. The monoisotopic (exact) mass is 272 g/mol. The SMILES string of the molecule is CO[C@@H]1[C@H](O)[C@@H]([C@H](C)O)O[C@H]1n1ccc(=O)[nH]c1=O. The van der Waals surface area contributed by atoms with Crippen molar-refractivity contribution in [1.29, 1.82) is 0 Å². The summed E-state index contributed by atoms with van der Waals surface area (Å²) in [6.45, 7) is 1.47. The molecule has 5 atom stereocenters. The summed E-state index contributed by atoms with van der Waals surface area (Å²) in [6, 6.07) is 1.17. The molecule has 1 aliphatic heterocycles. The number of ether oxygens (including phenoxy) is 2. The Bertz CT molecular complexity index is 551. The number of rotatable bonds is 3. The first-order valence-electron chi connectivity index (χ1n) is 5.81. The molecule has 3 N–H and O–H groups in total. The van der Waals surface area contributed by atoms with Gasteiger partial charge in [0, 0.05) is 19.4 Å². The fraction of sp³-hybridized carbons (Fsp3) is 0.636. The smallest absolute Gasteiger partial charge is 0.330 e. The molecule has 0 aromatic carbocycles. The molecule has 2 heterocycles. The van der Waals surface area contributed by atoms with Crippen LogP contribution in [-0.4, -0.2) is 51.3 Å². The Morgan fingerprint density at radius 2 is 2.21 bits per heavy atom. The number of aliphatic hydroxyl groups excluding tert-OH is 2. The molecule has 0 saturated carbocycles. The Kier molecular flexibility index (Phi) is 3.85. The summed E-state index contributed by atoms with van der Waals surface area (Å²) in [7, 11) is 1.37. The Morgan fingerprint density at radius 1 is 1.53 bits per heavy atom. The quantitative estimate of drug-likeness (QED) is 0.597. The number of hydrogen-bond donors (Lipinski definition) is 3. The van der Waals surface area contributed by atoms with Gasteiger partial charge in [0.25, 0.3) is 5.56 Å². The van der Waals surface area contributed by atoms with Gasteiger partial charge in [0.15, 0.2) is 6.23 Å². The van der Waals surface area contributed by atoms with Crippen LogP contribution in [0, 0.1) is 0 Å². The highest BCUT2D eigenvalue weighted by Gasteiger charge is 2.47. The lowest BCUT2D eigenvalue weighted by Gasteiger charge is -2.19. The molecule has 2 rings (SSSR count). The average molecular weight is 272 g/mol. The van der Waals surface area contributed by atoms with Crippen molar-refractivity contribution in [3.05, 3.63) is 33.1 Å². The van der Waals surface area contributed by atoms with E-state index >= 15 is 0 Å². The fourth-order valence-corrected chi connectivity index (χ4v) is 2.18. The van der Waals surface area contributed by atoms with E-state index in [-0.39, 0.29) is 0 Å². The number of aromatic nitrogens is 2. The highest BCUT2D eigenvalue weighted by atomic mass is 16.6. The number of H-pyrrole nitrogens is 1. The molecule has 1 aromatic rings. The molecule has 0 bridgehead atoms. The predicted octanol–water partition coefficient (Wildman–Crippen LogP) is -1.81. The zero-order valence-electron chi connectivity index (χ0n) is 10.5. The molecular weight excluding hydrogens is 256 g/mol. The van der Waals surface area contributed by atoms with E-state index in [0.717, 1.165) is 4.57 Å². The average Bonchev–Trinajstić information content (AvgIpc) is 2.66. The highest BCUT2D eigenvalue weighted by Crippen LogP contribution is 2.31. The van der Waals surface area contributed by atoms with Crippen LogP contribution in [0.5, 0.6) is 0 Å². The van der Waals surface area contributed by atoms with Crippen LogP contribution < -0.4 is 11.2 Å². The molecule has 106 valence electrons. The zero-order valence-corrected chi connectivity index (χ0v) is 10.5. The van der Waals surface area contributed by atoms with Crippen LogP contribution in [0.3, 0.4) is 0 Å². The number of hydrogen-bond acceptors (Lipinski definition) is 6. The Labute approximate surface area is 108 Å². The van der Waals surface area contributed by atoms with Gasteiger partial charge in [-0.25, -0.2) is 4.79 Å². The third-order valence-electron chi connectivity index (χ3n) is 3.12. The summed E-state index contributed by atoms with van der Waals surface area (Å²) >= 11 is 0. The third-order valence-corrected chi connectivity index (χ3v) is 3.12. The lowest BCUT2D eigenvalue weighted by Crippen LogP contribution is -2.39. The lowest BCUT2D eigenvalue weighted by molar-refractivity contribution is -0.0826. The lowest BCUT2D eigenvalue weighted by atomic mass is 10.1. The van der Waals surface area contributed by atoms with Gasteiger partial charge in [-0.2, -0.15) is 0 Å². The second-order valence-electron chi connectivity index (χ2n) is 4.44. The summed E-state index contributed by atoms with van der Waals surface area (Å²) < 4.78 is 11.7. The molecule has 8 nitrogen and oxygen atoms in total. The van der Waals surface area contributed by atoms with Gasteiger partial charge in [-0.05, 0) is 6.92 Å². The van der Waals surface area contributed by atoms with E-state index in [2.05, 4.69) is 4.98 Å². The van der Waals surface area contributed by atoms with Gasteiger partial charge in [-0.3, -0.25) is 14.3 Å². The molecule has 0 amide bonds. The molecule has 1 aliphatic rings. The predicted molar refractivity (Wildman–Crippen MR) is 63.7 cm³/mol. The van der Waals surface area contributed by atoms with Gasteiger partial charge < -0.3 is 19.7 Å². The van der Waals surface area contributed by atoms with Crippen molar-refractivity contribution in [2.24, 2.45) is 0 Å². The molecule has 0 aliphatic carbocycles. The number of aliphatic hydroxyl groups is 2. The van der Waals surface area contributed by atoms with Crippen LogP contribution in [0.1, 0.15) is 13.2 Å². The van der Waals surface area contributed by atoms with Crippen molar-refractivity contribution < 1.29 is 19.7 Å². The number of methoxy groups -OCH3 is 1. The van der Waals surface area contributed by atoms with Crippen molar-refractivity contribution in [3.8, 4) is 0 Å². The van der Waals surface area contributed by atoms with Crippen molar-refractivity contribution in [3.63, 3.8) is 0 Å². The maximum Gasteiger partial charge on any atom is 0.330 e. The minimum atomic E-state index is -1.08. The number of aromatic amines is 1. The Morgan fingerprint density at radius 3 is 2.74 bits per heavy atom. The minimum absolute atomic E-state index is 0.527. The van der Waals surface area contributed by atoms with Crippen LogP contribution in [-0.2, 0) is 9.47 Å². The second kappa shape index (κ2) is 5.25. The normalized spacial score (nSPS) is 32.4.